The van der Waals surface area contributed by atoms with Crippen LogP contribution in [0, 0.1) is 17.8 Å². The molecule has 0 bridgehead atoms. The zero-order valence-corrected chi connectivity index (χ0v) is 17.0. The summed E-state index contributed by atoms with van der Waals surface area (Å²) in [5, 5.41) is 3.04. The third-order valence-electron chi connectivity index (χ3n) is 6.85. The highest BCUT2D eigenvalue weighted by Gasteiger charge is 2.31. The second-order valence-electron chi connectivity index (χ2n) is 9.16. The summed E-state index contributed by atoms with van der Waals surface area (Å²) in [5.74, 6) is 2.35. The summed E-state index contributed by atoms with van der Waals surface area (Å²) in [4.78, 5) is 26.4. The normalized spacial score (nSPS) is 20.6. The van der Waals surface area contributed by atoms with Gasteiger partial charge < -0.3 is 10.2 Å². The lowest BCUT2D eigenvalue weighted by molar-refractivity contribution is -0.139. The molecule has 0 aromatic heterocycles. The smallest absolute Gasteiger partial charge is 0.225 e. The van der Waals surface area contributed by atoms with Crippen molar-refractivity contribution in [2.45, 2.75) is 64.2 Å². The fourth-order valence-corrected chi connectivity index (χ4v) is 4.37. The van der Waals surface area contributed by atoms with Crippen molar-refractivity contribution in [3.63, 3.8) is 0 Å². The first kappa shape index (κ1) is 19.5. The second kappa shape index (κ2) is 9.11. The van der Waals surface area contributed by atoms with Crippen LogP contribution in [-0.2, 0) is 22.4 Å². The highest BCUT2D eigenvalue weighted by molar-refractivity contribution is 5.79. The van der Waals surface area contributed by atoms with E-state index in [0.29, 0.717) is 24.2 Å². The molecule has 1 aliphatic heterocycles. The van der Waals surface area contributed by atoms with Crippen molar-refractivity contribution in [1.82, 2.24) is 10.2 Å². The summed E-state index contributed by atoms with van der Waals surface area (Å²) in [6.45, 7) is 2.74. The Kier molecular flexibility index (Phi) is 6.33. The predicted octanol–water partition coefficient (Wildman–Crippen LogP) is 3.73. The Morgan fingerprint density at radius 2 is 1.57 bits per heavy atom. The van der Waals surface area contributed by atoms with Gasteiger partial charge in [-0.15, -0.1) is 0 Å². The van der Waals surface area contributed by atoms with Gasteiger partial charge in [-0.25, -0.2) is 0 Å². The number of benzene rings is 1. The van der Waals surface area contributed by atoms with Crippen molar-refractivity contribution in [3.8, 4) is 0 Å². The number of carbonyl (C=O) groups is 2. The first-order chi connectivity index (χ1) is 13.7. The third-order valence-corrected chi connectivity index (χ3v) is 6.85. The molecule has 4 rings (SSSR count). The molecule has 0 atom stereocenters. The zero-order valence-electron chi connectivity index (χ0n) is 17.0. The van der Waals surface area contributed by atoms with Gasteiger partial charge in [0.15, 0.2) is 0 Å². The highest BCUT2D eigenvalue weighted by Crippen LogP contribution is 2.30. The molecule has 3 fully saturated rings. The molecule has 1 saturated heterocycles. The minimum absolute atomic E-state index is 0.180. The summed E-state index contributed by atoms with van der Waals surface area (Å²) in [7, 11) is 0. The van der Waals surface area contributed by atoms with E-state index in [4.69, 9.17) is 0 Å². The molecule has 1 heterocycles. The Morgan fingerprint density at radius 1 is 0.893 bits per heavy atom. The number of nitrogens with one attached hydrogen (secondary N) is 1. The van der Waals surface area contributed by atoms with Crippen molar-refractivity contribution >= 4 is 11.8 Å². The van der Waals surface area contributed by atoms with Gasteiger partial charge in [0.1, 0.15) is 0 Å². The summed E-state index contributed by atoms with van der Waals surface area (Å²) >= 11 is 0. The summed E-state index contributed by atoms with van der Waals surface area (Å²) in [6.07, 6.45) is 10.7. The average molecular weight is 383 g/mol. The number of piperidine rings is 1. The summed E-state index contributed by atoms with van der Waals surface area (Å²) in [6, 6.07) is 8.81. The van der Waals surface area contributed by atoms with E-state index in [1.807, 2.05) is 0 Å². The first-order valence-corrected chi connectivity index (χ1v) is 11.3. The van der Waals surface area contributed by atoms with E-state index < -0.39 is 0 Å². The first-order valence-electron chi connectivity index (χ1n) is 11.3. The van der Waals surface area contributed by atoms with Crippen LogP contribution < -0.4 is 5.32 Å². The SMILES string of the molecule is O=C(CCc1ccc(CC2CCN(C(=O)C3CCC3)CC2)cc1)NCC1CC1. The maximum atomic E-state index is 12.4. The van der Waals surface area contributed by atoms with Gasteiger partial charge in [-0.1, -0.05) is 30.7 Å². The van der Waals surface area contributed by atoms with Crippen LogP contribution in [0.15, 0.2) is 24.3 Å². The van der Waals surface area contributed by atoms with Gasteiger partial charge in [0.2, 0.25) is 11.8 Å². The molecular weight excluding hydrogens is 348 g/mol. The van der Waals surface area contributed by atoms with Crippen LogP contribution in [0.2, 0.25) is 0 Å². The van der Waals surface area contributed by atoms with Crippen LogP contribution in [0.4, 0.5) is 0 Å². The van der Waals surface area contributed by atoms with Crippen LogP contribution >= 0.6 is 0 Å². The van der Waals surface area contributed by atoms with Crippen LogP contribution in [0.25, 0.3) is 0 Å². The minimum Gasteiger partial charge on any atom is -0.356 e. The molecule has 0 radical (unpaired) electrons. The summed E-state index contributed by atoms with van der Waals surface area (Å²) < 4.78 is 0. The Balaban J connectivity index is 1.16. The van der Waals surface area contributed by atoms with Gasteiger partial charge in [-0.3, -0.25) is 9.59 Å². The third kappa shape index (κ3) is 5.36. The number of rotatable bonds is 8. The molecule has 4 nitrogen and oxygen atoms in total. The number of hydrogen-bond donors (Lipinski definition) is 1. The maximum absolute atomic E-state index is 12.4. The van der Waals surface area contributed by atoms with Gasteiger partial charge in [0.25, 0.3) is 0 Å². The lowest BCUT2D eigenvalue weighted by Gasteiger charge is -2.36. The molecule has 28 heavy (non-hydrogen) atoms. The quantitative estimate of drug-likeness (QED) is 0.745. The van der Waals surface area contributed by atoms with Crippen molar-refractivity contribution < 1.29 is 9.59 Å². The largest absolute Gasteiger partial charge is 0.356 e. The number of hydrogen-bond acceptors (Lipinski definition) is 2. The van der Waals surface area contributed by atoms with E-state index in [1.165, 1.54) is 30.4 Å². The maximum Gasteiger partial charge on any atom is 0.225 e. The topological polar surface area (TPSA) is 49.4 Å². The molecule has 0 unspecified atom stereocenters. The number of amides is 2. The molecule has 4 heteroatoms. The van der Waals surface area contributed by atoms with Gasteiger partial charge >= 0.3 is 0 Å². The standard InChI is InChI=1S/C24H34N2O2/c27-23(25-17-21-8-9-21)11-10-18-4-6-19(7-5-18)16-20-12-14-26(15-13-20)24(28)22-2-1-3-22/h4-7,20-22H,1-3,8-17H2,(H,25,27). The zero-order chi connectivity index (χ0) is 19.3. The van der Waals surface area contributed by atoms with E-state index in [1.54, 1.807) is 0 Å². The van der Waals surface area contributed by atoms with Crippen LogP contribution in [0.3, 0.4) is 0 Å². The molecule has 1 aromatic carbocycles. The Bertz CT molecular complexity index is 668. The predicted molar refractivity (Wildman–Crippen MR) is 111 cm³/mol. The van der Waals surface area contributed by atoms with Crippen LogP contribution in [-0.4, -0.2) is 36.3 Å². The molecule has 1 N–H and O–H groups in total. The molecule has 1 aromatic rings. The highest BCUT2D eigenvalue weighted by atomic mass is 16.2. The fraction of sp³-hybridized carbons (Fsp3) is 0.667. The number of likely N-dealkylation sites (tertiary alicyclic amines) is 1. The van der Waals surface area contributed by atoms with Gasteiger partial charge in [-0.05, 0) is 74.3 Å². The Labute approximate surface area is 169 Å². The molecule has 2 aliphatic carbocycles. The van der Waals surface area contributed by atoms with Crippen molar-refractivity contribution in [1.29, 1.82) is 0 Å². The molecule has 152 valence electrons. The van der Waals surface area contributed by atoms with Crippen molar-refractivity contribution in [3.05, 3.63) is 35.4 Å². The van der Waals surface area contributed by atoms with Crippen molar-refractivity contribution in [2.24, 2.45) is 17.8 Å². The van der Waals surface area contributed by atoms with E-state index in [9.17, 15) is 9.59 Å². The average Bonchev–Trinajstić information content (AvgIpc) is 3.49. The Hall–Kier alpha value is -1.84. The fourth-order valence-electron chi connectivity index (χ4n) is 4.37. The number of aryl methyl sites for hydroxylation is 1. The summed E-state index contributed by atoms with van der Waals surface area (Å²) in [5.41, 5.74) is 2.62. The Morgan fingerprint density at radius 3 is 2.18 bits per heavy atom. The van der Waals surface area contributed by atoms with Crippen molar-refractivity contribution in [2.75, 3.05) is 19.6 Å². The van der Waals surface area contributed by atoms with Crippen LogP contribution in [0.5, 0.6) is 0 Å². The molecule has 2 amide bonds. The monoisotopic (exact) mass is 382 g/mol. The molecular formula is C24H34N2O2. The van der Waals surface area contributed by atoms with E-state index in [0.717, 1.165) is 64.1 Å². The van der Waals surface area contributed by atoms with Gasteiger partial charge in [0.05, 0.1) is 0 Å². The van der Waals surface area contributed by atoms with E-state index >= 15 is 0 Å². The molecule has 0 spiro atoms. The number of nitrogens with zero attached hydrogens (tertiary/aromatic N) is 1. The number of carbonyl (C=O) groups excluding carboxylic acids is 2. The molecule has 2 saturated carbocycles. The second-order valence-corrected chi connectivity index (χ2v) is 9.16. The molecule has 3 aliphatic rings. The lowest BCUT2D eigenvalue weighted by atomic mass is 9.83. The van der Waals surface area contributed by atoms with E-state index in [2.05, 4.69) is 34.5 Å². The minimum atomic E-state index is 0.180. The van der Waals surface area contributed by atoms with Crippen LogP contribution in [0.1, 0.15) is 62.5 Å². The van der Waals surface area contributed by atoms with Gasteiger partial charge in [-0.2, -0.15) is 0 Å². The van der Waals surface area contributed by atoms with Gasteiger partial charge in [0, 0.05) is 32.0 Å². The van der Waals surface area contributed by atoms with E-state index in [-0.39, 0.29) is 5.91 Å². The lowest BCUT2D eigenvalue weighted by Crippen LogP contribution is -2.43.